The van der Waals surface area contributed by atoms with E-state index in [1.807, 2.05) is 18.2 Å². The van der Waals surface area contributed by atoms with Crippen molar-refractivity contribution < 1.29 is 5.11 Å². The monoisotopic (exact) mass is 252 g/mol. The second-order valence-electron chi connectivity index (χ2n) is 4.78. The maximum atomic E-state index is 9.77. The van der Waals surface area contributed by atoms with E-state index < -0.39 is 6.10 Å². The van der Waals surface area contributed by atoms with E-state index in [1.165, 1.54) is 0 Å². The highest BCUT2D eigenvalue weighted by Crippen LogP contribution is 2.24. The van der Waals surface area contributed by atoms with Crippen molar-refractivity contribution in [1.82, 2.24) is 9.55 Å². The molecule has 0 saturated carbocycles. The van der Waals surface area contributed by atoms with Gasteiger partial charge in [0.05, 0.1) is 11.0 Å². The number of imidazole rings is 1. The first kappa shape index (κ1) is 12.4. The van der Waals surface area contributed by atoms with Crippen LogP contribution >= 0.6 is 11.6 Å². The van der Waals surface area contributed by atoms with E-state index in [0.717, 1.165) is 17.6 Å². The van der Waals surface area contributed by atoms with Crippen LogP contribution < -0.4 is 0 Å². The van der Waals surface area contributed by atoms with E-state index in [1.54, 1.807) is 6.92 Å². The molecular formula is C13H17ClN2O. The minimum atomic E-state index is -0.570. The molecule has 3 nitrogen and oxygen atoms in total. The topological polar surface area (TPSA) is 38.0 Å². The molecule has 2 aromatic rings. The Morgan fingerprint density at radius 2 is 2.06 bits per heavy atom. The minimum Gasteiger partial charge on any atom is -0.385 e. The molecule has 0 aliphatic carbocycles. The summed E-state index contributed by atoms with van der Waals surface area (Å²) >= 11 is 6.01. The highest BCUT2D eigenvalue weighted by molar-refractivity contribution is 6.31. The van der Waals surface area contributed by atoms with Crippen LogP contribution in [0.3, 0.4) is 0 Å². The fourth-order valence-electron chi connectivity index (χ4n) is 1.99. The zero-order valence-corrected chi connectivity index (χ0v) is 11.1. The Kier molecular flexibility index (Phi) is 3.40. The first-order valence-electron chi connectivity index (χ1n) is 5.82. The molecule has 1 heterocycles. The van der Waals surface area contributed by atoms with E-state index in [0.29, 0.717) is 16.8 Å². The summed E-state index contributed by atoms with van der Waals surface area (Å²) in [6, 6.07) is 5.61. The van der Waals surface area contributed by atoms with Gasteiger partial charge in [-0.2, -0.15) is 0 Å². The fraction of sp³-hybridized carbons (Fsp3) is 0.462. The van der Waals surface area contributed by atoms with Gasteiger partial charge in [0, 0.05) is 11.6 Å². The number of halogens is 1. The number of hydrogen-bond donors (Lipinski definition) is 1. The molecular weight excluding hydrogens is 236 g/mol. The zero-order valence-electron chi connectivity index (χ0n) is 10.3. The smallest absolute Gasteiger partial charge is 0.138 e. The first-order chi connectivity index (χ1) is 7.99. The molecule has 1 N–H and O–H groups in total. The van der Waals surface area contributed by atoms with E-state index in [4.69, 9.17) is 11.6 Å². The molecule has 2 rings (SSSR count). The lowest BCUT2D eigenvalue weighted by atomic mass is 10.2. The number of fused-ring (bicyclic) bond motifs is 1. The maximum Gasteiger partial charge on any atom is 0.138 e. The summed E-state index contributed by atoms with van der Waals surface area (Å²) in [4.78, 5) is 4.46. The van der Waals surface area contributed by atoms with Gasteiger partial charge in [-0.05, 0) is 31.0 Å². The molecule has 1 atom stereocenters. The second kappa shape index (κ2) is 4.67. The Morgan fingerprint density at radius 3 is 2.65 bits per heavy atom. The Labute approximate surface area is 106 Å². The highest BCUT2D eigenvalue weighted by Gasteiger charge is 2.15. The average Bonchev–Trinajstić information content (AvgIpc) is 2.56. The van der Waals surface area contributed by atoms with Gasteiger partial charge in [-0.15, -0.1) is 0 Å². The number of benzene rings is 1. The van der Waals surface area contributed by atoms with Crippen LogP contribution in [0.25, 0.3) is 11.0 Å². The van der Waals surface area contributed by atoms with Crippen molar-refractivity contribution in [3.05, 3.63) is 29.0 Å². The quantitative estimate of drug-likeness (QED) is 0.909. The lowest BCUT2D eigenvalue weighted by Gasteiger charge is -2.13. The maximum absolute atomic E-state index is 9.77. The molecule has 0 bridgehead atoms. The van der Waals surface area contributed by atoms with Crippen LogP contribution in [0.4, 0.5) is 0 Å². The van der Waals surface area contributed by atoms with Gasteiger partial charge in [-0.1, -0.05) is 25.4 Å². The molecule has 0 saturated heterocycles. The van der Waals surface area contributed by atoms with Crippen molar-refractivity contribution in [3.63, 3.8) is 0 Å². The van der Waals surface area contributed by atoms with Crippen molar-refractivity contribution in [2.45, 2.75) is 33.4 Å². The van der Waals surface area contributed by atoms with Gasteiger partial charge in [-0.3, -0.25) is 0 Å². The lowest BCUT2D eigenvalue weighted by Crippen LogP contribution is -2.10. The van der Waals surface area contributed by atoms with Crippen molar-refractivity contribution in [2.75, 3.05) is 0 Å². The third-order valence-electron chi connectivity index (χ3n) is 2.66. The van der Waals surface area contributed by atoms with Gasteiger partial charge < -0.3 is 9.67 Å². The van der Waals surface area contributed by atoms with Crippen molar-refractivity contribution in [3.8, 4) is 0 Å². The Bertz CT molecular complexity index is 531. The summed E-state index contributed by atoms with van der Waals surface area (Å²) in [5.74, 6) is 1.19. The summed E-state index contributed by atoms with van der Waals surface area (Å²) in [6.07, 6.45) is -0.570. The number of nitrogens with zero attached hydrogens (tertiary/aromatic N) is 2. The molecule has 1 aromatic heterocycles. The van der Waals surface area contributed by atoms with Crippen molar-refractivity contribution in [1.29, 1.82) is 0 Å². The van der Waals surface area contributed by atoms with E-state index in [9.17, 15) is 5.11 Å². The standard InChI is InChI=1S/C13H17ClN2O/c1-8(2)7-16-12-6-10(14)4-5-11(12)15-13(16)9(3)17/h4-6,8-9,17H,7H2,1-3H3. The Morgan fingerprint density at radius 1 is 1.35 bits per heavy atom. The number of aliphatic hydroxyl groups is 1. The molecule has 1 aromatic carbocycles. The normalized spacial score (nSPS) is 13.5. The van der Waals surface area contributed by atoms with Crippen molar-refractivity contribution in [2.24, 2.45) is 5.92 Å². The summed E-state index contributed by atoms with van der Waals surface area (Å²) in [5, 5.41) is 10.5. The zero-order chi connectivity index (χ0) is 12.6. The molecule has 1 unspecified atom stereocenters. The molecule has 4 heteroatoms. The third kappa shape index (κ3) is 2.45. The SMILES string of the molecule is CC(C)Cn1c(C(C)O)nc2ccc(Cl)cc21. The number of aromatic nitrogens is 2. The molecule has 0 aliphatic rings. The molecule has 0 aliphatic heterocycles. The predicted octanol–water partition coefficient (Wildman–Crippen LogP) is 3.40. The van der Waals surface area contributed by atoms with Crippen LogP contribution in [0.1, 0.15) is 32.7 Å². The molecule has 0 spiro atoms. The number of rotatable bonds is 3. The van der Waals surface area contributed by atoms with Crippen LogP contribution in [0, 0.1) is 5.92 Å². The largest absolute Gasteiger partial charge is 0.385 e. The van der Waals surface area contributed by atoms with Gasteiger partial charge in [-0.25, -0.2) is 4.98 Å². The third-order valence-corrected chi connectivity index (χ3v) is 2.90. The fourth-order valence-corrected chi connectivity index (χ4v) is 2.16. The Hall–Kier alpha value is -1.06. The lowest BCUT2D eigenvalue weighted by molar-refractivity contribution is 0.183. The molecule has 0 amide bonds. The van der Waals surface area contributed by atoms with E-state index in [-0.39, 0.29) is 0 Å². The van der Waals surface area contributed by atoms with E-state index >= 15 is 0 Å². The van der Waals surface area contributed by atoms with Crippen LogP contribution in [-0.4, -0.2) is 14.7 Å². The van der Waals surface area contributed by atoms with Gasteiger partial charge in [0.25, 0.3) is 0 Å². The van der Waals surface area contributed by atoms with Crippen LogP contribution in [0.15, 0.2) is 18.2 Å². The van der Waals surface area contributed by atoms with Crippen LogP contribution in [0.2, 0.25) is 5.02 Å². The van der Waals surface area contributed by atoms with Gasteiger partial charge in [0.15, 0.2) is 0 Å². The van der Waals surface area contributed by atoms with Gasteiger partial charge >= 0.3 is 0 Å². The first-order valence-corrected chi connectivity index (χ1v) is 6.20. The second-order valence-corrected chi connectivity index (χ2v) is 5.22. The summed E-state index contributed by atoms with van der Waals surface area (Å²) in [5.41, 5.74) is 1.87. The van der Waals surface area contributed by atoms with Crippen LogP contribution in [0.5, 0.6) is 0 Å². The predicted molar refractivity (Wildman–Crippen MR) is 70.2 cm³/mol. The molecule has 0 radical (unpaired) electrons. The molecule has 0 fully saturated rings. The van der Waals surface area contributed by atoms with Gasteiger partial charge in [0.2, 0.25) is 0 Å². The summed E-state index contributed by atoms with van der Waals surface area (Å²) in [7, 11) is 0. The Balaban J connectivity index is 2.64. The minimum absolute atomic E-state index is 0.490. The number of hydrogen-bond acceptors (Lipinski definition) is 2. The van der Waals surface area contributed by atoms with Gasteiger partial charge in [0.1, 0.15) is 11.9 Å². The summed E-state index contributed by atoms with van der Waals surface area (Å²) in [6.45, 7) is 6.85. The molecule has 92 valence electrons. The highest BCUT2D eigenvalue weighted by atomic mass is 35.5. The number of aliphatic hydroxyl groups excluding tert-OH is 1. The summed E-state index contributed by atoms with van der Waals surface area (Å²) < 4.78 is 2.05. The van der Waals surface area contributed by atoms with E-state index in [2.05, 4.69) is 23.4 Å². The molecule has 17 heavy (non-hydrogen) atoms. The average molecular weight is 253 g/mol. The van der Waals surface area contributed by atoms with Crippen LogP contribution in [-0.2, 0) is 6.54 Å². The van der Waals surface area contributed by atoms with Crippen molar-refractivity contribution >= 4 is 22.6 Å².